The Bertz CT molecular complexity index is 1010. The molecule has 0 saturated heterocycles. The Hall–Kier alpha value is -3.01. The van der Waals surface area contributed by atoms with Crippen LogP contribution >= 0.6 is 0 Å². The third-order valence-corrected chi connectivity index (χ3v) is 6.21. The number of anilines is 1. The van der Waals surface area contributed by atoms with Gasteiger partial charge in [0.2, 0.25) is 0 Å². The molecule has 0 bridgehead atoms. The lowest BCUT2D eigenvalue weighted by molar-refractivity contribution is -0.122. The standard InChI is InChI=1S/C25H25NO3/c1-16-21(27)15-17(9-8-14-26(2)18-10-4-3-5-11-18)23-22(16)24(28)19-12-6-7-13-20(19)25(23)29/h3-7,10-13,16-17H,8-9,14-15H2,1-2H3. The molecular weight excluding hydrogens is 362 g/mol. The fraction of sp³-hybridized carbons (Fsp3) is 0.320. The van der Waals surface area contributed by atoms with Crippen molar-refractivity contribution in [2.45, 2.75) is 26.2 Å². The van der Waals surface area contributed by atoms with Crippen LogP contribution in [0.1, 0.15) is 46.9 Å². The topological polar surface area (TPSA) is 54.5 Å². The minimum atomic E-state index is -0.502. The fourth-order valence-corrected chi connectivity index (χ4v) is 4.56. The normalized spacial score (nSPS) is 21.1. The summed E-state index contributed by atoms with van der Waals surface area (Å²) in [5.74, 6) is -0.843. The van der Waals surface area contributed by atoms with Gasteiger partial charge in [-0.3, -0.25) is 14.4 Å². The van der Waals surface area contributed by atoms with Gasteiger partial charge in [-0.2, -0.15) is 0 Å². The largest absolute Gasteiger partial charge is 0.375 e. The maximum Gasteiger partial charge on any atom is 0.190 e. The van der Waals surface area contributed by atoms with Crippen molar-refractivity contribution in [2.75, 3.05) is 18.5 Å². The van der Waals surface area contributed by atoms with Crippen molar-refractivity contribution in [3.63, 3.8) is 0 Å². The number of Topliss-reactive ketones (excluding diaryl/α,β-unsaturated/α-hetero) is 3. The number of ketones is 3. The van der Waals surface area contributed by atoms with Crippen LogP contribution in [0.15, 0.2) is 65.7 Å². The Morgan fingerprint density at radius 1 is 0.862 bits per heavy atom. The summed E-state index contributed by atoms with van der Waals surface area (Å²) in [4.78, 5) is 41.1. The van der Waals surface area contributed by atoms with Crippen molar-refractivity contribution < 1.29 is 14.4 Å². The summed E-state index contributed by atoms with van der Waals surface area (Å²) in [6.45, 7) is 2.59. The predicted molar refractivity (Wildman–Crippen MR) is 113 cm³/mol. The zero-order chi connectivity index (χ0) is 20.5. The van der Waals surface area contributed by atoms with Crippen LogP contribution in [0, 0.1) is 11.8 Å². The first-order valence-corrected chi connectivity index (χ1v) is 10.2. The molecule has 2 aliphatic carbocycles. The highest BCUT2D eigenvalue weighted by Crippen LogP contribution is 2.41. The van der Waals surface area contributed by atoms with E-state index in [4.69, 9.17) is 0 Å². The number of para-hydroxylation sites is 1. The SMILES string of the molecule is CC1C(=O)CC(CCCN(C)c2ccccc2)C2=C1C(=O)c1ccccc1C2=O. The molecule has 4 heteroatoms. The number of rotatable bonds is 5. The van der Waals surface area contributed by atoms with Crippen molar-refractivity contribution >= 4 is 23.0 Å². The average Bonchev–Trinajstić information content (AvgIpc) is 2.74. The summed E-state index contributed by atoms with van der Waals surface area (Å²) >= 11 is 0. The highest BCUT2D eigenvalue weighted by atomic mass is 16.1. The molecule has 4 nitrogen and oxygen atoms in total. The molecule has 0 aliphatic heterocycles. The summed E-state index contributed by atoms with van der Waals surface area (Å²) in [6, 6.07) is 17.1. The van der Waals surface area contributed by atoms with E-state index in [-0.39, 0.29) is 23.3 Å². The minimum Gasteiger partial charge on any atom is -0.375 e. The fourth-order valence-electron chi connectivity index (χ4n) is 4.56. The van der Waals surface area contributed by atoms with Crippen molar-refractivity contribution in [3.05, 3.63) is 76.9 Å². The van der Waals surface area contributed by atoms with Crippen LogP contribution in [0.5, 0.6) is 0 Å². The van der Waals surface area contributed by atoms with Gasteiger partial charge >= 0.3 is 0 Å². The highest BCUT2D eigenvalue weighted by Gasteiger charge is 2.43. The van der Waals surface area contributed by atoms with E-state index in [0.717, 1.165) is 25.1 Å². The number of nitrogens with zero attached hydrogens (tertiary/aromatic N) is 1. The van der Waals surface area contributed by atoms with Gasteiger partial charge in [-0.25, -0.2) is 0 Å². The third kappa shape index (κ3) is 3.44. The van der Waals surface area contributed by atoms with Crippen LogP contribution in [0.2, 0.25) is 0 Å². The van der Waals surface area contributed by atoms with Gasteiger partial charge in [0.1, 0.15) is 5.78 Å². The number of hydrogen-bond acceptors (Lipinski definition) is 4. The molecule has 0 heterocycles. The van der Waals surface area contributed by atoms with Crippen LogP contribution in [-0.4, -0.2) is 30.9 Å². The Morgan fingerprint density at radius 2 is 1.45 bits per heavy atom. The van der Waals surface area contributed by atoms with Gasteiger partial charge in [0.25, 0.3) is 0 Å². The van der Waals surface area contributed by atoms with Crippen LogP contribution in [-0.2, 0) is 4.79 Å². The van der Waals surface area contributed by atoms with Crippen molar-refractivity contribution in [1.82, 2.24) is 0 Å². The van der Waals surface area contributed by atoms with Crippen molar-refractivity contribution in [2.24, 2.45) is 11.8 Å². The van der Waals surface area contributed by atoms with Crippen molar-refractivity contribution in [1.29, 1.82) is 0 Å². The van der Waals surface area contributed by atoms with E-state index >= 15 is 0 Å². The van der Waals surface area contributed by atoms with Gasteiger partial charge in [0.15, 0.2) is 11.6 Å². The number of carbonyl (C=O) groups is 3. The molecule has 0 aromatic heterocycles. The number of fused-ring (bicyclic) bond motifs is 1. The molecule has 0 amide bonds. The third-order valence-electron chi connectivity index (χ3n) is 6.21. The van der Waals surface area contributed by atoms with Crippen LogP contribution in [0.4, 0.5) is 5.69 Å². The Balaban J connectivity index is 1.57. The molecule has 148 valence electrons. The van der Waals surface area contributed by atoms with Gasteiger partial charge in [0.05, 0.1) is 0 Å². The molecule has 2 atom stereocenters. The average molecular weight is 387 g/mol. The quantitative estimate of drug-likeness (QED) is 0.758. The van der Waals surface area contributed by atoms with E-state index in [9.17, 15) is 14.4 Å². The van der Waals surface area contributed by atoms with Crippen LogP contribution < -0.4 is 4.90 Å². The molecule has 2 aromatic rings. The molecule has 2 aromatic carbocycles. The molecule has 0 spiro atoms. The van der Waals surface area contributed by atoms with E-state index < -0.39 is 5.92 Å². The second-order valence-electron chi connectivity index (χ2n) is 8.02. The zero-order valence-electron chi connectivity index (χ0n) is 16.9. The lowest BCUT2D eigenvalue weighted by atomic mass is 9.67. The molecule has 0 N–H and O–H groups in total. The monoisotopic (exact) mass is 387 g/mol. The maximum absolute atomic E-state index is 13.2. The minimum absolute atomic E-state index is 0.0608. The molecule has 0 radical (unpaired) electrons. The predicted octanol–water partition coefficient (Wildman–Crippen LogP) is 4.50. The summed E-state index contributed by atoms with van der Waals surface area (Å²) in [6.07, 6.45) is 1.91. The summed E-state index contributed by atoms with van der Waals surface area (Å²) in [5, 5.41) is 0. The molecule has 4 rings (SSSR count). The lowest BCUT2D eigenvalue weighted by Gasteiger charge is -2.34. The maximum atomic E-state index is 13.2. The number of carbonyl (C=O) groups excluding carboxylic acids is 3. The number of allylic oxidation sites excluding steroid dienone is 2. The number of hydrogen-bond donors (Lipinski definition) is 0. The molecule has 0 fully saturated rings. The molecular formula is C25H25NO3. The Labute approximate surface area is 171 Å². The zero-order valence-corrected chi connectivity index (χ0v) is 16.9. The smallest absolute Gasteiger partial charge is 0.190 e. The van der Waals surface area contributed by atoms with Gasteiger partial charge < -0.3 is 4.90 Å². The van der Waals surface area contributed by atoms with E-state index in [1.807, 2.05) is 25.2 Å². The molecule has 29 heavy (non-hydrogen) atoms. The van der Waals surface area contributed by atoms with E-state index in [0.29, 0.717) is 28.7 Å². The second-order valence-corrected chi connectivity index (χ2v) is 8.02. The summed E-state index contributed by atoms with van der Waals surface area (Å²) < 4.78 is 0. The first-order chi connectivity index (χ1) is 14.0. The van der Waals surface area contributed by atoms with E-state index in [1.165, 1.54) is 0 Å². The number of benzene rings is 2. The van der Waals surface area contributed by atoms with E-state index in [2.05, 4.69) is 17.0 Å². The highest BCUT2D eigenvalue weighted by molar-refractivity contribution is 6.29. The first kappa shape index (κ1) is 19.3. The molecule has 2 aliphatic rings. The van der Waals surface area contributed by atoms with E-state index in [1.54, 1.807) is 31.2 Å². The summed E-state index contributed by atoms with van der Waals surface area (Å²) in [7, 11) is 2.04. The second kappa shape index (κ2) is 7.78. The lowest BCUT2D eigenvalue weighted by Crippen LogP contribution is -2.37. The van der Waals surface area contributed by atoms with Crippen LogP contribution in [0.25, 0.3) is 0 Å². The van der Waals surface area contributed by atoms with Gasteiger partial charge in [-0.05, 0) is 30.9 Å². The van der Waals surface area contributed by atoms with Crippen molar-refractivity contribution in [3.8, 4) is 0 Å². The first-order valence-electron chi connectivity index (χ1n) is 10.2. The molecule has 2 unspecified atom stereocenters. The Kier molecular flexibility index (Phi) is 5.18. The van der Waals surface area contributed by atoms with Gasteiger partial charge in [0, 0.05) is 53.9 Å². The van der Waals surface area contributed by atoms with Gasteiger partial charge in [-0.15, -0.1) is 0 Å². The Morgan fingerprint density at radius 3 is 2.10 bits per heavy atom. The van der Waals surface area contributed by atoms with Gasteiger partial charge in [-0.1, -0.05) is 49.4 Å². The van der Waals surface area contributed by atoms with Crippen LogP contribution in [0.3, 0.4) is 0 Å². The molecule has 0 saturated carbocycles. The summed E-state index contributed by atoms with van der Waals surface area (Å²) in [5.41, 5.74) is 3.07.